The van der Waals surface area contributed by atoms with E-state index in [0.29, 0.717) is 5.92 Å². The van der Waals surface area contributed by atoms with Crippen molar-refractivity contribution in [2.24, 2.45) is 5.92 Å². The van der Waals surface area contributed by atoms with Gasteiger partial charge in [-0.15, -0.1) is 0 Å². The van der Waals surface area contributed by atoms with E-state index in [9.17, 15) is 0 Å². The number of nitrogens with one attached hydrogen (secondary N) is 1. The Hall–Kier alpha value is -0.940. The second kappa shape index (κ2) is 5.96. The van der Waals surface area contributed by atoms with Crippen LogP contribution in [-0.4, -0.2) is 36.9 Å². The summed E-state index contributed by atoms with van der Waals surface area (Å²) in [6.45, 7) is 2.60. The Morgan fingerprint density at radius 1 is 1.50 bits per heavy atom. The molecule has 2 heterocycles. The summed E-state index contributed by atoms with van der Waals surface area (Å²) in [5, 5.41) is 7.02. The lowest BCUT2D eigenvalue weighted by Gasteiger charge is -2.20. The zero-order chi connectivity index (χ0) is 11.2. The second-order valence-electron chi connectivity index (χ2n) is 4.25. The highest BCUT2D eigenvalue weighted by molar-refractivity contribution is 4.89. The van der Waals surface area contributed by atoms with Crippen LogP contribution in [0, 0.1) is 5.92 Å². The average molecular weight is 225 g/mol. The van der Waals surface area contributed by atoms with Crippen molar-refractivity contribution in [1.82, 2.24) is 15.5 Å². The first kappa shape index (κ1) is 11.5. The fourth-order valence-electron chi connectivity index (χ4n) is 1.93. The average Bonchev–Trinajstić information content (AvgIpc) is 2.75. The van der Waals surface area contributed by atoms with E-state index in [0.717, 1.165) is 50.7 Å². The molecule has 0 radical (unpaired) electrons. The van der Waals surface area contributed by atoms with E-state index in [-0.39, 0.29) is 0 Å². The number of hydrogen-bond donors (Lipinski definition) is 1. The first-order valence-corrected chi connectivity index (χ1v) is 5.92. The van der Waals surface area contributed by atoms with E-state index in [4.69, 9.17) is 9.26 Å². The molecule has 0 amide bonds. The molecule has 16 heavy (non-hydrogen) atoms. The van der Waals surface area contributed by atoms with Gasteiger partial charge in [-0.2, -0.15) is 4.98 Å². The van der Waals surface area contributed by atoms with Crippen LogP contribution in [0.1, 0.15) is 24.6 Å². The molecule has 0 bridgehead atoms. The molecule has 1 unspecified atom stereocenters. The monoisotopic (exact) mass is 225 g/mol. The van der Waals surface area contributed by atoms with Gasteiger partial charge in [0.05, 0.1) is 0 Å². The first-order valence-electron chi connectivity index (χ1n) is 5.92. The molecule has 1 fully saturated rings. The Balaban J connectivity index is 1.81. The van der Waals surface area contributed by atoms with Crippen molar-refractivity contribution in [3.63, 3.8) is 0 Å². The van der Waals surface area contributed by atoms with Crippen molar-refractivity contribution in [3.8, 4) is 0 Å². The maximum Gasteiger partial charge on any atom is 0.227 e. The van der Waals surface area contributed by atoms with Crippen LogP contribution in [0.15, 0.2) is 4.52 Å². The van der Waals surface area contributed by atoms with Crippen LogP contribution in [0.4, 0.5) is 0 Å². The normalized spacial score (nSPS) is 21.2. The zero-order valence-electron chi connectivity index (χ0n) is 9.74. The maximum atomic E-state index is 5.43. The summed E-state index contributed by atoms with van der Waals surface area (Å²) in [6.07, 6.45) is 4.02. The number of hydrogen-bond acceptors (Lipinski definition) is 5. The van der Waals surface area contributed by atoms with Crippen molar-refractivity contribution in [2.75, 3.05) is 26.8 Å². The van der Waals surface area contributed by atoms with Gasteiger partial charge in [0.2, 0.25) is 5.89 Å². The molecule has 1 aromatic heterocycles. The van der Waals surface area contributed by atoms with Crippen LogP contribution in [0.2, 0.25) is 0 Å². The van der Waals surface area contributed by atoms with Gasteiger partial charge in [-0.1, -0.05) is 5.16 Å². The smallest absolute Gasteiger partial charge is 0.227 e. The highest BCUT2D eigenvalue weighted by atomic mass is 16.5. The lowest BCUT2D eigenvalue weighted by atomic mass is 9.99. The molecule has 1 aromatic rings. The highest BCUT2D eigenvalue weighted by Crippen LogP contribution is 2.17. The van der Waals surface area contributed by atoms with Gasteiger partial charge in [-0.25, -0.2) is 0 Å². The van der Waals surface area contributed by atoms with Gasteiger partial charge in [0.1, 0.15) is 0 Å². The fraction of sp³-hybridized carbons (Fsp3) is 0.818. The minimum atomic E-state index is 0.548. The van der Waals surface area contributed by atoms with Gasteiger partial charge in [-0.3, -0.25) is 0 Å². The van der Waals surface area contributed by atoms with Crippen LogP contribution in [0.5, 0.6) is 0 Å². The number of rotatable bonds is 5. The second-order valence-corrected chi connectivity index (χ2v) is 4.25. The number of likely N-dealkylation sites (N-methyl/N-ethyl adjacent to an activating group) is 1. The van der Waals surface area contributed by atoms with Gasteiger partial charge < -0.3 is 14.6 Å². The molecule has 1 N–H and O–H groups in total. The van der Waals surface area contributed by atoms with E-state index in [1.807, 2.05) is 7.05 Å². The molecular formula is C11H19N3O2. The van der Waals surface area contributed by atoms with Gasteiger partial charge in [0.25, 0.3) is 0 Å². The van der Waals surface area contributed by atoms with Crippen LogP contribution in [0.25, 0.3) is 0 Å². The van der Waals surface area contributed by atoms with Crippen molar-refractivity contribution in [1.29, 1.82) is 0 Å². The van der Waals surface area contributed by atoms with Crippen molar-refractivity contribution < 1.29 is 9.26 Å². The topological polar surface area (TPSA) is 60.2 Å². The third-order valence-electron chi connectivity index (χ3n) is 2.83. The summed E-state index contributed by atoms with van der Waals surface area (Å²) in [6, 6.07) is 0. The van der Waals surface area contributed by atoms with E-state index < -0.39 is 0 Å². The van der Waals surface area contributed by atoms with E-state index >= 15 is 0 Å². The molecule has 90 valence electrons. The molecule has 5 nitrogen and oxygen atoms in total. The summed E-state index contributed by atoms with van der Waals surface area (Å²) in [5.74, 6) is 2.09. The summed E-state index contributed by atoms with van der Waals surface area (Å²) in [7, 11) is 1.92. The Labute approximate surface area is 95.6 Å². The number of nitrogens with zero attached hydrogens (tertiary/aromatic N) is 2. The number of ether oxygens (including phenoxy) is 1. The fourth-order valence-corrected chi connectivity index (χ4v) is 1.93. The molecule has 1 atom stereocenters. The molecule has 0 spiro atoms. The van der Waals surface area contributed by atoms with Gasteiger partial charge >= 0.3 is 0 Å². The largest absolute Gasteiger partial charge is 0.381 e. The molecule has 0 aromatic carbocycles. The third-order valence-corrected chi connectivity index (χ3v) is 2.83. The summed E-state index contributed by atoms with van der Waals surface area (Å²) < 4.78 is 10.6. The predicted octanol–water partition coefficient (Wildman–Crippen LogP) is 0.801. The Morgan fingerprint density at radius 2 is 2.44 bits per heavy atom. The third kappa shape index (κ3) is 3.28. The van der Waals surface area contributed by atoms with Crippen LogP contribution >= 0.6 is 0 Å². The quantitative estimate of drug-likeness (QED) is 0.803. The lowest BCUT2D eigenvalue weighted by Crippen LogP contribution is -2.19. The van der Waals surface area contributed by atoms with Gasteiger partial charge in [0.15, 0.2) is 5.82 Å². The standard InChI is InChI=1S/C11H19N3O2/c1-12-5-4-10-13-11(16-14-10)7-9-3-2-6-15-8-9/h9,12H,2-8H2,1H3. The van der Waals surface area contributed by atoms with E-state index in [1.54, 1.807) is 0 Å². The Bertz CT molecular complexity index is 308. The summed E-state index contributed by atoms with van der Waals surface area (Å²) in [4.78, 5) is 4.37. The minimum Gasteiger partial charge on any atom is -0.381 e. The Morgan fingerprint density at radius 3 is 3.19 bits per heavy atom. The van der Waals surface area contributed by atoms with Crippen LogP contribution < -0.4 is 5.32 Å². The zero-order valence-corrected chi connectivity index (χ0v) is 9.74. The van der Waals surface area contributed by atoms with Crippen LogP contribution in [0.3, 0.4) is 0 Å². The van der Waals surface area contributed by atoms with Crippen LogP contribution in [-0.2, 0) is 17.6 Å². The van der Waals surface area contributed by atoms with Gasteiger partial charge in [-0.05, 0) is 25.8 Å². The summed E-state index contributed by atoms with van der Waals surface area (Å²) >= 11 is 0. The minimum absolute atomic E-state index is 0.548. The molecule has 1 aliphatic heterocycles. The first-order chi connectivity index (χ1) is 7.88. The van der Waals surface area contributed by atoms with Gasteiger partial charge in [0, 0.05) is 32.6 Å². The molecule has 1 aliphatic rings. The van der Waals surface area contributed by atoms with Crippen molar-refractivity contribution >= 4 is 0 Å². The summed E-state index contributed by atoms with van der Waals surface area (Å²) in [5.41, 5.74) is 0. The molecule has 5 heteroatoms. The van der Waals surface area contributed by atoms with Crippen molar-refractivity contribution in [2.45, 2.75) is 25.7 Å². The van der Waals surface area contributed by atoms with E-state index in [2.05, 4.69) is 15.5 Å². The lowest BCUT2D eigenvalue weighted by molar-refractivity contribution is 0.0520. The highest BCUT2D eigenvalue weighted by Gasteiger charge is 2.17. The predicted molar refractivity (Wildman–Crippen MR) is 59.2 cm³/mol. The SMILES string of the molecule is CNCCc1noc(CC2CCCOC2)n1. The molecule has 2 rings (SSSR count). The molecule has 0 saturated carbocycles. The van der Waals surface area contributed by atoms with Crippen molar-refractivity contribution in [3.05, 3.63) is 11.7 Å². The number of aromatic nitrogens is 2. The maximum absolute atomic E-state index is 5.43. The Kier molecular flexibility index (Phi) is 4.30. The molecule has 0 aliphatic carbocycles. The molecular weight excluding hydrogens is 206 g/mol. The van der Waals surface area contributed by atoms with E-state index in [1.165, 1.54) is 6.42 Å². The molecule has 1 saturated heterocycles.